The van der Waals surface area contributed by atoms with Crippen LogP contribution in [0.2, 0.25) is 0 Å². The number of nitrogens with zero attached hydrogens (tertiary/aromatic N) is 1. The average Bonchev–Trinajstić information content (AvgIpc) is 2.91. The SMILES string of the molecule is Br.CCCCCCCCCCCCCCOCC(CCO)(CN(C)C)OCCCCCCCCCCCCCC. The van der Waals surface area contributed by atoms with Crippen molar-refractivity contribution in [2.45, 2.75) is 180 Å². The molecule has 5 heteroatoms. The Morgan fingerprint density at radius 3 is 1.23 bits per heavy atom. The molecule has 0 bridgehead atoms. The lowest BCUT2D eigenvalue weighted by Gasteiger charge is -2.35. The molecule has 0 aromatic heterocycles. The Morgan fingerprint density at radius 2 is 0.875 bits per heavy atom. The zero-order chi connectivity index (χ0) is 28.7. The van der Waals surface area contributed by atoms with Crippen molar-refractivity contribution >= 4 is 17.0 Å². The molecule has 0 heterocycles. The number of ether oxygens (including phenoxy) is 2. The normalized spacial score (nSPS) is 13.1. The van der Waals surface area contributed by atoms with Gasteiger partial charge in [-0.1, -0.05) is 155 Å². The maximum absolute atomic E-state index is 9.78. The zero-order valence-corrected chi connectivity index (χ0v) is 29.5. The van der Waals surface area contributed by atoms with Crippen LogP contribution in [-0.2, 0) is 9.47 Å². The molecule has 0 amide bonds. The first-order chi connectivity index (χ1) is 19.1. The third-order valence-corrected chi connectivity index (χ3v) is 8.09. The Kier molecular flexibility index (Phi) is 35.9. The number of unbranched alkanes of at least 4 members (excludes halogenated alkanes) is 22. The molecule has 0 aliphatic heterocycles. The molecule has 0 radical (unpaired) electrons. The number of aliphatic hydroxyl groups excluding tert-OH is 1. The van der Waals surface area contributed by atoms with E-state index in [0.29, 0.717) is 13.0 Å². The third-order valence-electron chi connectivity index (χ3n) is 8.09. The van der Waals surface area contributed by atoms with Gasteiger partial charge in [0.1, 0.15) is 5.60 Å². The maximum atomic E-state index is 9.78. The molecule has 1 unspecified atom stereocenters. The van der Waals surface area contributed by atoms with Crippen LogP contribution in [-0.4, -0.2) is 62.7 Å². The standard InChI is InChI=1S/C35H73NO3.BrH/c1-5-7-9-11-13-15-17-19-21-23-25-27-31-38-34-35(29-30-37,33-36(3)4)39-32-28-26-24-22-20-18-16-14-12-10-8-6-2;/h37H,5-34H2,1-4H3;1H. The van der Waals surface area contributed by atoms with Crippen LogP contribution in [0, 0.1) is 0 Å². The Balaban J connectivity index is 0. The van der Waals surface area contributed by atoms with Gasteiger partial charge in [-0.15, -0.1) is 17.0 Å². The number of hydrogen-bond donors (Lipinski definition) is 1. The van der Waals surface area contributed by atoms with Crippen LogP contribution in [0.1, 0.15) is 174 Å². The molecule has 1 N–H and O–H groups in total. The number of halogens is 1. The summed E-state index contributed by atoms with van der Waals surface area (Å²) < 4.78 is 12.6. The van der Waals surface area contributed by atoms with Gasteiger partial charge in [-0.2, -0.15) is 0 Å². The maximum Gasteiger partial charge on any atom is 0.106 e. The van der Waals surface area contributed by atoms with E-state index >= 15 is 0 Å². The van der Waals surface area contributed by atoms with Crippen LogP contribution in [0.3, 0.4) is 0 Å². The van der Waals surface area contributed by atoms with Crippen molar-refractivity contribution in [1.82, 2.24) is 4.90 Å². The first-order valence-corrected chi connectivity index (χ1v) is 17.6. The predicted octanol–water partition coefficient (Wildman–Crippen LogP) is 10.7. The molecular formula is C35H74BrNO3. The highest BCUT2D eigenvalue weighted by molar-refractivity contribution is 8.93. The summed E-state index contributed by atoms with van der Waals surface area (Å²) in [5.74, 6) is 0. The summed E-state index contributed by atoms with van der Waals surface area (Å²) in [5.41, 5.74) is -0.396. The minimum atomic E-state index is -0.396. The van der Waals surface area contributed by atoms with E-state index in [1.165, 1.54) is 141 Å². The Morgan fingerprint density at radius 1 is 0.525 bits per heavy atom. The first-order valence-electron chi connectivity index (χ1n) is 17.6. The summed E-state index contributed by atoms with van der Waals surface area (Å²) in [7, 11) is 4.18. The highest BCUT2D eigenvalue weighted by Crippen LogP contribution is 2.20. The lowest BCUT2D eigenvalue weighted by Crippen LogP contribution is -2.47. The zero-order valence-electron chi connectivity index (χ0n) is 27.8. The Bertz CT molecular complexity index is 466. The molecule has 0 aliphatic rings. The monoisotopic (exact) mass is 635 g/mol. The highest BCUT2D eigenvalue weighted by atomic mass is 79.9. The number of rotatable bonds is 33. The summed E-state index contributed by atoms with van der Waals surface area (Å²) in [4.78, 5) is 2.17. The topological polar surface area (TPSA) is 41.9 Å². The van der Waals surface area contributed by atoms with Crippen molar-refractivity contribution in [3.8, 4) is 0 Å². The van der Waals surface area contributed by atoms with Gasteiger partial charge in [0.2, 0.25) is 0 Å². The molecule has 0 aromatic rings. The van der Waals surface area contributed by atoms with E-state index < -0.39 is 5.60 Å². The summed E-state index contributed by atoms with van der Waals surface area (Å²) in [6.45, 7) is 7.68. The van der Waals surface area contributed by atoms with Gasteiger partial charge in [0, 0.05) is 32.8 Å². The van der Waals surface area contributed by atoms with Gasteiger partial charge in [0.25, 0.3) is 0 Å². The molecule has 0 aromatic carbocycles. The second-order valence-electron chi connectivity index (χ2n) is 12.6. The molecule has 0 saturated carbocycles. The van der Waals surface area contributed by atoms with Gasteiger partial charge in [0.05, 0.1) is 6.61 Å². The van der Waals surface area contributed by atoms with Crippen molar-refractivity contribution in [3.63, 3.8) is 0 Å². The van der Waals surface area contributed by atoms with Gasteiger partial charge in [0.15, 0.2) is 0 Å². The van der Waals surface area contributed by atoms with Crippen LogP contribution in [0.5, 0.6) is 0 Å². The fourth-order valence-electron chi connectivity index (χ4n) is 5.67. The van der Waals surface area contributed by atoms with Crippen LogP contribution >= 0.6 is 17.0 Å². The van der Waals surface area contributed by atoms with E-state index in [1.54, 1.807) is 0 Å². The van der Waals surface area contributed by atoms with E-state index in [-0.39, 0.29) is 23.6 Å². The smallest absolute Gasteiger partial charge is 0.106 e. The molecule has 0 fully saturated rings. The average molecular weight is 637 g/mol. The quantitative estimate of drug-likeness (QED) is 0.0728. The Hall–Kier alpha value is 0.320. The van der Waals surface area contributed by atoms with Gasteiger partial charge in [-0.05, 0) is 26.9 Å². The van der Waals surface area contributed by atoms with E-state index in [0.717, 1.165) is 32.6 Å². The molecule has 0 saturated heterocycles. The van der Waals surface area contributed by atoms with Gasteiger partial charge < -0.3 is 19.5 Å². The van der Waals surface area contributed by atoms with Crippen LogP contribution in [0.15, 0.2) is 0 Å². The molecular weight excluding hydrogens is 562 g/mol. The van der Waals surface area contributed by atoms with Crippen LogP contribution < -0.4 is 0 Å². The number of likely N-dealkylation sites (N-methyl/N-ethyl adjacent to an activating group) is 1. The van der Waals surface area contributed by atoms with Gasteiger partial charge >= 0.3 is 0 Å². The fourth-order valence-corrected chi connectivity index (χ4v) is 5.67. The van der Waals surface area contributed by atoms with E-state index in [9.17, 15) is 5.11 Å². The minimum Gasteiger partial charge on any atom is -0.396 e. The lowest BCUT2D eigenvalue weighted by atomic mass is 10.00. The first kappa shape index (κ1) is 42.5. The second kappa shape index (κ2) is 33.8. The summed E-state index contributed by atoms with van der Waals surface area (Å²) in [5, 5.41) is 9.78. The fraction of sp³-hybridized carbons (Fsp3) is 1.00. The van der Waals surface area contributed by atoms with Crippen molar-refractivity contribution < 1.29 is 14.6 Å². The van der Waals surface area contributed by atoms with Crippen molar-refractivity contribution in [3.05, 3.63) is 0 Å². The molecule has 4 nitrogen and oxygen atoms in total. The third kappa shape index (κ3) is 29.8. The van der Waals surface area contributed by atoms with Gasteiger partial charge in [-0.25, -0.2) is 0 Å². The van der Waals surface area contributed by atoms with E-state index in [1.807, 2.05) is 0 Å². The van der Waals surface area contributed by atoms with Crippen LogP contribution in [0.4, 0.5) is 0 Å². The molecule has 0 rings (SSSR count). The van der Waals surface area contributed by atoms with Crippen molar-refractivity contribution in [2.24, 2.45) is 0 Å². The van der Waals surface area contributed by atoms with Crippen molar-refractivity contribution in [2.75, 3.05) is 47.1 Å². The molecule has 0 aliphatic carbocycles. The Labute approximate surface area is 262 Å². The number of hydrogen-bond acceptors (Lipinski definition) is 4. The number of aliphatic hydroxyl groups is 1. The molecule has 1 atom stereocenters. The van der Waals surface area contributed by atoms with Crippen LogP contribution in [0.25, 0.3) is 0 Å². The van der Waals surface area contributed by atoms with E-state index in [2.05, 4.69) is 32.8 Å². The van der Waals surface area contributed by atoms with Gasteiger partial charge in [-0.3, -0.25) is 0 Å². The van der Waals surface area contributed by atoms with Crippen molar-refractivity contribution in [1.29, 1.82) is 0 Å². The second-order valence-corrected chi connectivity index (χ2v) is 12.6. The summed E-state index contributed by atoms with van der Waals surface area (Å²) in [6.07, 6.45) is 33.2. The summed E-state index contributed by atoms with van der Waals surface area (Å²) in [6, 6.07) is 0. The highest BCUT2D eigenvalue weighted by Gasteiger charge is 2.31. The minimum absolute atomic E-state index is 0. The predicted molar refractivity (Wildman–Crippen MR) is 182 cm³/mol. The lowest BCUT2D eigenvalue weighted by molar-refractivity contribution is -0.119. The molecule has 0 spiro atoms. The molecule has 40 heavy (non-hydrogen) atoms. The largest absolute Gasteiger partial charge is 0.396 e. The molecule has 244 valence electrons. The summed E-state index contributed by atoms with van der Waals surface area (Å²) >= 11 is 0. The van der Waals surface area contributed by atoms with E-state index in [4.69, 9.17) is 9.47 Å².